The Morgan fingerprint density at radius 3 is 2.50 bits per heavy atom. The zero-order valence-corrected chi connectivity index (χ0v) is 18.2. The summed E-state index contributed by atoms with van der Waals surface area (Å²) in [6, 6.07) is 20.5. The van der Waals surface area contributed by atoms with Crippen LogP contribution in [0.15, 0.2) is 77.3 Å². The molecule has 0 saturated heterocycles. The van der Waals surface area contributed by atoms with Crippen LogP contribution in [0.25, 0.3) is 0 Å². The number of hydrogen-bond donors (Lipinski definition) is 1. The summed E-state index contributed by atoms with van der Waals surface area (Å²) >= 11 is 0. The van der Waals surface area contributed by atoms with Crippen molar-refractivity contribution in [2.24, 2.45) is 0 Å². The predicted octanol–water partition coefficient (Wildman–Crippen LogP) is 5.40. The Labute approximate surface area is 194 Å². The van der Waals surface area contributed by atoms with Gasteiger partial charge in [-0.05, 0) is 48.0 Å². The van der Waals surface area contributed by atoms with E-state index in [1.165, 1.54) is 12.1 Å². The molecule has 0 aliphatic heterocycles. The molecule has 34 heavy (non-hydrogen) atoms. The second-order valence-electron chi connectivity index (χ2n) is 7.36. The van der Waals surface area contributed by atoms with Crippen LogP contribution in [0.2, 0.25) is 0 Å². The quantitative estimate of drug-likeness (QED) is 0.356. The molecule has 0 radical (unpaired) electrons. The molecule has 4 rings (SSSR count). The van der Waals surface area contributed by atoms with E-state index in [0.29, 0.717) is 40.7 Å². The van der Waals surface area contributed by atoms with E-state index in [0.717, 1.165) is 5.56 Å². The number of amides is 1. The molecule has 0 saturated carbocycles. The van der Waals surface area contributed by atoms with Crippen LogP contribution in [0.5, 0.6) is 11.5 Å². The Kier molecular flexibility index (Phi) is 7.12. The molecule has 174 valence electrons. The first-order valence-corrected chi connectivity index (χ1v) is 10.4. The monoisotopic (exact) mass is 465 g/mol. The maximum Gasteiger partial charge on any atom is 0.387 e. The number of hydrogen-bond acceptors (Lipinski definition) is 6. The second-order valence-corrected chi connectivity index (χ2v) is 7.36. The predicted molar refractivity (Wildman–Crippen MR) is 120 cm³/mol. The normalized spacial score (nSPS) is 10.8. The van der Waals surface area contributed by atoms with Crippen LogP contribution in [-0.4, -0.2) is 22.7 Å². The molecule has 0 atom stereocenters. The van der Waals surface area contributed by atoms with Gasteiger partial charge in [-0.25, -0.2) is 0 Å². The summed E-state index contributed by atoms with van der Waals surface area (Å²) in [6.07, 6.45) is 0.374. The van der Waals surface area contributed by atoms with E-state index in [4.69, 9.17) is 9.26 Å². The van der Waals surface area contributed by atoms with Gasteiger partial charge in [0, 0.05) is 30.2 Å². The summed E-state index contributed by atoms with van der Waals surface area (Å²) in [7, 11) is 0. The average molecular weight is 465 g/mol. The van der Waals surface area contributed by atoms with Crippen LogP contribution in [0.4, 0.5) is 14.5 Å². The fourth-order valence-electron chi connectivity index (χ4n) is 3.28. The molecule has 0 aliphatic rings. The van der Waals surface area contributed by atoms with Crippen molar-refractivity contribution in [1.29, 1.82) is 0 Å². The third-order valence-electron chi connectivity index (χ3n) is 4.83. The minimum absolute atomic E-state index is 0.0650. The second kappa shape index (κ2) is 10.6. The molecule has 9 heteroatoms. The Bertz CT molecular complexity index is 1240. The number of rotatable bonds is 9. The highest BCUT2D eigenvalue weighted by Crippen LogP contribution is 2.27. The van der Waals surface area contributed by atoms with E-state index in [-0.39, 0.29) is 18.3 Å². The van der Waals surface area contributed by atoms with Gasteiger partial charge in [-0.2, -0.15) is 13.8 Å². The van der Waals surface area contributed by atoms with Crippen molar-refractivity contribution in [3.05, 3.63) is 101 Å². The van der Waals surface area contributed by atoms with Crippen molar-refractivity contribution in [3.63, 3.8) is 0 Å². The number of alkyl halides is 2. The molecule has 1 amide bonds. The number of nitrogens with one attached hydrogen (secondary N) is 1. The third kappa shape index (κ3) is 6.16. The van der Waals surface area contributed by atoms with E-state index < -0.39 is 6.61 Å². The summed E-state index contributed by atoms with van der Waals surface area (Å²) in [5, 5.41) is 6.54. The maximum absolute atomic E-state index is 12.8. The molecule has 0 fully saturated rings. The number of halogens is 2. The highest BCUT2D eigenvalue weighted by Gasteiger charge is 2.13. The van der Waals surface area contributed by atoms with Crippen LogP contribution in [0.3, 0.4) is 0 Å². The lowest BCUT2D eigenvalue weighted by Crippen LogP contribution is -2.12. The molecular weight excluding hydrogens is 444 g/mol. The van der Waals surface area contributed by atoms with Gasteiger partial charge in [0.2, 0.25) is 11.7 Å². The Morgan fingerprint density at radius 1 is 1.06 bits per heavy atom. The lowest BCUT2D eigenvalue weighted by Gasteiger charge is -2.14. The van der Waals surface area contributed by atoms with Gasteiger partial charge in [0.05, 0.1) is 0 Å². The van der Waals surface area contributed by atoms with E-state index in [2.05, 4.69) is 20.2 Å². The SMILES string of the molecule is Cc1nc(COc2ccc(C(=O)Nc3ccc(OC(F)F)c(Cc4ccccc4)c3)cc2)no1. The number of carbonyl (C=O) groups excluding carboxylic acids is 1. The van der Waals surface area contributed by atoms with Crippen LogP contribution < -0.4 is 14.8 Å². The lowest BCUT2D eigenvalue weighted by atomic mass is 10.0. The van der Waals surface area contributed by atoms with Gasteiger partial charge in [0.25, 0.3) is 5.91 Å². The van der Waals surface area contributed by atoms with Gasteiger partial charge in [0.15, 0.2) is 6.61 Å². The molecule has 1 N–H and O–H groups in total. The number of benzene rings is 3. The lowest BCUT2D eigenvalue weighted by molar-refractivity contribution is -0.0503. The van der Waals surface area contributed by atoms with Crippen molar-refractivity contribution in [1.82, 2.24) is 10.1 Å². The first-order valence-electron chi connectivity index (χ1n) is 10.4. The molecule has 3 aromatic carbocycles. The van der Waals surface area contributed by atoms with Crippen LogP contribution in [-0.2, 0) is 13.0 Å². The molecule has 0 unspecified atom stereocenters. The average Bonchev–Trinajstić information content (AvgIpc) is 3.25. The van der Waals surface area contributed by atoms with Crippen LogP contribution >= 0.6 is 0 Å². The van der Waals surface area contributed by atoms with Gasteiger partial charge in [-0.1, -0.05) is 35.5 Å². The molecule has 1 aromatic heterocycles. The summed E-state index contributed by atoms with van der Waals surface area (Å²) in [6.45, 7) is -1.12. The van der Waals surface area contributed by atoms with Crippen molar-refractivity contribution in [2.75, 3.05) is 5.32 Å². The standard InChI is InChI=1S/C25H21F2N3O4/c1-16-28-23(30-34-16)15-32-21-10-7-18(8-11-21)24(31)29-20-9-12-22(33-25(26)27)19(14-20)13-17-5-3-2-4-6-17/h2-12,14,25H,13,15H2,1H3,(H,29,31). The van der Waals surface area contributed by atoms with Gasteiger partial charge in [0.1, 0.15) is 11.5 Å². The highest BCUT2D eigenvalue weighted by atomic mass is 19.3. The first kappa shape index (κ1) is 22.9. The Morgan fingerprint density at radius 2 is 1.82 bits per heavy atom. The van der Waals surface area contributed by atoms with E-state index in [1.807, 2.05) is 30.3 Å². The fraction of sp³-hybridized carbons (Fsp3) is 0.160. The molecule has 7 nitrogen and oxygen atoms in total. The third-order valence-corrected chi connectivity index (χ3v) is 4.83. The minimum atomic E-state index is -2.94. The largest absolute Gasteiger partial charge is 0.485 e. The molecule has 0 bridgehead atoms. The van der Waals surface area contributed by atoms with Gasteiger partial charge in [-0.15, -0.1) is 0 Å². The van der Waals surface area contributed by atoms with Crippen molar-refractivity contribution >= 4 is 11.6 Å². The van der Waals surface area contributed by atoms with Gasteiger partial charge in [-0.3, -0.25) is 4.79 Å². The molecule has 0 spiro atoms. The summed E-state index contributed by atoms with van der Waals surface area (Å²) in [5.41, 5.74) is 2.33. The Hall–Kier alpha value is -4.27. The zero-order chi connectivity index (χ0) is 23.9. The van der Waals surface area contributed by atoms with Gasteiger partial charge < -0.3 is 19.3 Å². The summed E-state index contributed by atoms with van der Waals surface area (Å²) in [4.78, 5) is 16.8. The highest BCUT2D eigenvalue weighted by molar-refractivity contribution is 6.04. The summed E-state index contributed by atoms with van der Waals surface area (Å²) < 4.78 is 40.8. The van der Waals surface area contributed by atoms with E-state index in [9.17, 15) is 13.6 Å². The van der Waals surface area contributed by atoms with Crippen molar-refractivity contribution < 1.29 is 27.6 Å². The van der Waals surface area contributed by atoms with E-state index >= 15 is 0 Å². The van der Waals surface area contributed by atoms with Crippen LogP contribution in [0.1, 0.15) is 33.2 Å². The molecule has 4 aromatic rings. The van der Waals surface area contributed by atoms with Gasteiger partial charge >= 0.3 is 6.61 Å². The smallest absolute Gasteiger partial charge is 0.387 e. The number of aromatic nitrogens is 2. The maximum atomic E-state index is 12.8. The van der Waals surface area contributed by atoms with Crippen molar-refractivity contribution in [3.8, 4) is 11.5 Å². The first-order chi connectivity index (χ1) is 16.5. The topological polar surface area (TPSA) is 86.5 Å². The molecule has 1 heterocycles. The number of anilines is 1. The molecular formula is C25H21F2N3O4. The molecule has 0 aliphatic carbocycles. The summed E-state index contributed by atoms with van der Waals surface area (Å²) in [5.74, 6) is 1.12. The number of aryl methyl sites for hydroxylation is 1. The number of ether oxygens (including phenoxy) is 2. The Balaban J connectivity index is 1.43. The zero-order valence-electron chi connectivity index (χ0n) is 18.2. The fourth-order valence-corrected chi connectivity index (χ4v) is 3.28. The van der Waals surface area contributed by atoms with Crippen molar-refractivity contribution in [2.45, 2.75) is 26.6 Å². The van der Waals surface area contributed by atoms with E-state index in [1.54, 1.807) is 37.3 Å². The number of carbonyl (C=O) groups is 1. The number of nitrogens with zero attached hydrogens (tertiary/aromatic N) is 2. The van der Waals surface area contributed by atoms with Crippen LogP contribution in [0, 0.1) is 6.92 Å². The minimum Gasteiger partial charge on any atom is -0.485 e.